The van der Waals surface area contributed by atoms with Gasteiger partial charge in [0.15, 0.2) is 0 Å². The summed E-state index contributed by atoms with van der Waals surface area (Å²) >= 11 is 5.27. The van der Waals surface area contributed by atoms with E-state index < -0.39 is 0 Å². The Morgan fingerprint density at radius 1 is 1.50 bits per heavy atom. The average molecular weight is 341 g/mol. The summed E-state index contributed by atoms with van der Waals surface area (Å²) in [5.74, 6) is -0.283. The summed E-state index contributed by atoms with van der Waals surface area (Å²) in [5, 5.41) is 7.34. The highest BCUT2D eigenvalue weighted by Crippen LogP contribution is 2.24. The zero-order chi connectivity index (χ0) is 8.72. The molecule has 0 atom stereocenters. The average Bonchev–Trinajstić information content (AvgIpc) is 2.33. The Balaban J connectivity index is 2.92. The van der Waals surface area contributed by atoms with Crippen LogP contribution in [0.4, 0.5) is 4.39 Å². The predicted octanol–water partition coefficient (Wildman–Crippen LogP) is 3.07. The number of nitrogens with one attached hydrogen (secondary N) is 1. The minimum atomic E-state index is -0.283. The van der Waals surface area contributed by atoms with Gasteiger partial charge in [0.2, 0.25) is 0 Å². The molecule has 0 spiro atoms. The fourth-order valence-electron chi connectivity index (χ4n) is 1.02. The van der Waals surface area contributed by atoms with E-state index in [4.69, 9.17) is 0 Å². The third kappa shape index (κ3) is 1.24. The van der Waals surface area contributed by atoms with Gasteiger partial charge < -0.3 is 0 Å². The maximum atomic E-state index is 13.2. The van der Waals surface area contributed by atoms with Crippen molar-refractivity contribution in [3.63, 3.8) is 0 Å². The van der Waals surface area contributed by atoms with Gasteiger partial charge in [0.1, 0.15) is 15.0 Å². The van der Waals surface area contributed by atoms with Crippen molar-refractivity contribution in [2.45, 2.75) is 0 Å². The number of aromatic amines is 1. The topological polar surface area (TPSA) is 28.7 Å². The molecule has 0 unspecified atom stereocenters. The lowest BCUT2D eigenvalue weighted by molar-refractivity contribution is 0.635. The number of halogens is 3. The van der Waals surface area contributed by atoms with Crippen LogP contribution in [0.15, 0.2) is 16.6 Å². The Hall–Kier alpha value is -0.170. The zero-order valence-corrected chi connectivity index (χ0v) is 9.48. The van der Waals surface area contributed by atoms with Crippen LogP contribution in [0.3, 0.4) is 0 Å². The van der Waals surface area contributed by atoms with Crippen molar-refractivity contribution in [2.24, 2.45) is 0 Å². The standard InChI is InChI=1S/C7H3BrFIN2/c8-3-1-4-6(5(9)2-3)11-12-7(4)10/h1-2H,(H,11,12). The van der Waals surface area contributed by atoms with Gasteiger partial charge >= 0.3 is 0 Å². The van der Waals surface area contributed by atoms with Crippen LogP contribution >= 0.6 is 38.5 Å². The van der Waals surface area contributed by atoms with E-state index in [1.807, 2.05) is 6.07 Å². The lowest BCUT2D eigenvalue weighted by Crippen LogP contribution is -1.77. The van der Waals surface area contributed by atoms with Gasteiger partial charge in [0, 0.05) is 9.86 Å². The molecule has 1 aromatic carbocycles. The quantitative estimate of drug-likeness (QED) is 0.734. The van der Waals surface area contributed by atoms with Crippen LogP contribution in [0.2, 0.25) is 0 Å². The molecule has 0 aliphatic rings. The summed E-state index contributed by atoms with van der Waals surface area (Å²) in [6, 6.07) is 3.25. The van der Waals surface area contributed by atoms with Crippen molar-refractivity contribution >= 4 is 49.4 Å². The molecular weight excluding hydrogens is 338 g/mol. The van der Waals surface area contributed by atoms with E-state index >= 15 is 0 Å². The Kier molecular flexibility index (Phi) is 2.07. The van der Waals surface area contributed by atoms with Gasteiger partial charge in [0.05, 0.1) is 0 Å². The number of hydrogen-bond acceptors (Lipinski definition) is 1. The number of H-pyrrole nitrogens is 1. The molecule has 12 heavy (non-hydrogen) atoms. The van der Waals surface area contributed by atoms with Crippen molar-refractivity contribution < 1.29 is 4.39 Å². The first-order valence-electron chi connectivity index (χ1n) is 3.17. The highest BCUT2D eigenvalue weighted by molar-refractivity contribution is 14.1. The molecule has 2 nitrogen and oxygen atoms in total. The summed E-state index contributed by atoms with van der Waals surface area (Å²) in [4.78, 5) is 0. The van der Waals surface area contributed by atoms with E-state index in [0.29, 0.717) is 5.52 Å². The van der Waals surface area contributed by atoms with Crippen LogP contribution in [-0.4, -0.2) is 10.2 Å². The molecule has 1 heterocycles. The van der Waals surface area contributed by atoms with Gasteiger partial charge in [-0.1, -0.05) is 15.9 Å². The Morgan fingerprint density at radius 2 is 2.25 bits per heavy atom. The van der Waals surface area contributed by atoms with Gasteiger partial charge in [-0.25, -0.2) is 4.39 Å². The van der Waals surface area contributed by atoms with Gasteiger partial charge in [-0.05, 0) is 34.7 Å². The van der Waals surface area contributed by atoms with E-state index in [9.17, 15) is 4.39 Å². The highest BCUT2D eigenvalue weighted by atomic mass is 127. The second kappa shape index (κ2) is 2.95. The largest absolute Gasteiger partial charge is 0.274 e. The maximum Gasteiger partial charge on any atom is 0.149 e. The van der Waals surface area contributed by atoms with Gasteiger partial charge in [-0.2, -0.15) is 5.10 Å². The predicted molar refractivity (Wildman–Crippen MR) is 56.5 cm³/mol. The molecule has 0 saturated carbocycles. The molecular formula is C7H3BrFIN2. The summed E-state index contributed by atoms with van der Waals surface area (Å²) in [6.07, 6.45) is 0. The van der Waals surface area contributed by atoms with Gasteiger partial charge in [-0.15, -0.1) is 0 Å². The molecule has 1 N–H and O–H groups in total. The van der Waals surface area contributed by atoms with Crippen LogP contribution in [-0.2, 0) is 0 Å². The Labute approximate surface area is 89.8 Å². The molecule has 0 bridgehead atoms. The number of benzene rings is 1. The zero-order valence-electron chi connectivity index (χ0n) is 5.74. The van der Waals surface area contributed by atoms with Crippen molar-refractivity contribution in [1.82, 2.24) is 10.2 Å². The van der Waals surface area contributed by atoms with Gasteiger partial charge in [0.25, 0.3) is 0 Å². The summed E-state index contributed by atoms with van der Waals surface area (Å²) in [5.41, 5.74) is 0.461. The number of fused-ring (bicyclic) bond motifs is 1. The number of hydrogen-bond donors (Lipinski definition) is 1. The van der Waals surface area contributed by atoms with Gasteiger partial charge in [-0.3, -0.25) is 5.10 Å². The molecule has 0 aliphatic heterocycles. The normalized spacial score (nSPS) is 10.9. The number of nitrogens with zero attached hydrogens (tertiary/aromatic N) is 1. The summed E-state index contributed by atoms with van der Waals surface area (Å²) < 4.78 is 14.7. The highest BCUT2D eigenvalue weighted by Gasteiger charge is 2.07. The molecule has 62 valence electrons. The molecule has 2 aromatic rings. The lowest BCUT2D eigenvalue weighted by Gasteiger charge is -1.93. The van der Waals surface area contributed by atoms with Crippen molar-refractivity contribution in [3.05, 3.63) is 26.1 Å². The monoisotopic (exact) mass is 340 g/mol. The van der Waals surface area contributed by atoms with E-state index in [2.05, 4.69) is 48.7 Å². The minimum Gasteiger partial charge on any atom is -0.274 e. The third-order valence-corrected chi connectivity index (χ3v) is 2.82. The van der Waals surface area contributed by atoms with Crippen molar-refractivity contribution in [2.75, 3.05) is 0 Å². The Morgan fingerprint density at radius 3 is 3.00 bits per heavy atom. The lowest BCUT2D eigenvalue weighted by atomic mass is 10.2. The van der Waals surface area contributed by atoms with E-state index in [1.165, 1.54) is 6.07 Å². The van der Waals surface area contributed by atoms with Crippen molar-refractivity contribution in [3.8, 4) is 0 Å². The molecule has 1 aromatic heterocycles. The van der Waals surface area contributed by atoms with Crippen molar-refractivity contribution in [1.29, 1.82) is 0 Å². The third-order valence-electron chi connectivity index (χ3n) is 1.54. The summed E-state index contributed by atoms with van der Waals surface area (Å²) in [7, 11) is 0. The van der Waals surface area contributed by atoms with E-state index in [1.54, 1.807) is 0 Å². The molecule has 0 fully saturated rings. The molecule has 0 radical (unpaired) electrons. The first kappa shape index (κ1) is 8.43. The minimum absolute atomic E-state index is 0.283. The van der Waals surface area contributed by atoms with Crippen LogP contribution < -0.4 is 0 Å². The Bertz CT molecular complexity index is 440. The molecule has 0 amide bonds. The SMILES string of the molecule is Fc1cc(Br)cc2c(I)n[nH]c12. The first-order valence-corrected chi connectivity index (χ1v) is 5.04. The molecule has 5 heteroatoms. The van der Waals surface area contributed by atoms with Crippen LogP contribution in [0, 0.1) is 9.52 Å². The second-order valence-electron chi connectivity index (χ2n) is 2.32. The summed E-state index contributed by atoms with van der Waals surface area (Å²) in [6.45, 7) is 0. The van der Waals surface area contributed by atoms with Crippen LogP contribution in [0.5, 0.6) is 0 Å². The molecule has 0 saturated heterocycles. The fourth-order valence-corrected chi connectivity index (χ4v) is 1.99. The number of aromatic nitrogens is 2. The second-order valence-corrected chi connectivity index (χ2v) is 4.26. The fraction of sp³-hybridized carbons (Fsp3) is 0. The van der Waals surface area contributed by atoms with E-state index in [-0.39, 0.29) is 5.82 Å². The first-order chi connectivity index (χ1) is 5.68. The molecule has 0 aliphatic carbocycles. The van der Waals surface area contributed by atoms with Crippen LogP contribution in [0.25, 0.3) is 10.9 Å². The van der Waals surface area contributed by atoms with Crippen LogP contribution in [0.1, 0.15) is 0 Å². The number of rotatable bonds is 0. The molecule has 2 rings (SSSR count). The van der Waals surface area contributed by atoms with E-state index in [0.717, 1.165) is 13.6 Å². The smallest absolute Gasteiger partial charge is 0.149 e. The maximum absolute atomic E-state index is 13.2.